The van der Waals surface area contributed by atoms with Crippen LogP contribution in [0.25, 0.3) is 0 Å². The summed E-state index contributed by atoms with van der Waals surface area (Å²) in [5.74, 6) is 1.29. The molecule has 1 aliphatic carbocycles. The largest absolute Gasteiger partial charge is 0.328 e. The second kappa shape index (κ2) is 3.11. The lowest BCUT2D eigenvalue weighted by molar-refractivity contribution is 0.628. The van der Waals surface area contributed by atoms with Gasteiger partial charge in [-0.1, -0.05) is 6.07 Å². The van der Waals surface area contributed by atoms with Crippen LogP contribution in [0.1, 0.15) is 30.5 Å². The fourth-order valence-electron chi connectivity index (χ4n) is 1.83. The van der Waals surface area contributed by atoms with Crippen molar-refractivity contribution in [2.45, 2.75) is 32.2 Å². The quantitative estimate of drug-likeness (QED) is 0.746. The van der Waals surface area contributed by atoms with Crippen LogP contribution < -0.4 is 5.73 Å². The first-order chi connectivity index (χ1) is 6.18. The molecular weight excluding hydrogens is 160 g/mol. The Hall–Kier alpha value is -0.890. The van der Waals surface area contributed by atoms with Gasteiger partial charge in [0.1, 0.15) is 0 Å². The number of nitrogens with zero attached hydrogens (tertiary/aromatic N) is 1. The summed E-state index contributed by atoms with van der Waals surface area (Å²) in [7, 11) is 0. The molecular formula is C11H16N2. The maximum atomic E-state index is 5.83. The molecule has 1 aromatic rings. The second-order valence-corrected chi connectivity index (χ2v) is 4.13. The summed E-state index contributed by atoms with van der Waals surface area (Å²) >= 11 is 0. The number of pyridine rings is 1. The van der Waals surface area contributed by atoms with E-state index in [0.29, 0.717) is 17.9 Å². The van der Waals surface area contributed by atoms with E-state index in [1.807, 2.05) is 6.20 Å². The van der Waals surface area contributed by atoms with Gasteiger partial charge < -0.3 is 5.73 Å². The minimum absolute atomic E-state index is 0.313. The molecule has 1 aliphatic rings. The molecule has 2 rings (SSSR count). The van der Waals surface area contributed by atoms with Gasteiger partial charge in [-0.15, -0.1) is 0 Å². The standard InChI is InChI=1S/C11H16N2/c1-7-3-4-11(13-6-7)10-5-9(10)8(2)12/h3-4,6,8-10H,5,12H2,1-2H3. The highest BCUT2D eigenvalue weighted by Crippen LogP contribution is 2.48. The molecule has 0 aliphatic heterocycles. The van der Waals surface area contributed by atoms with Gasteiger partial charge in [-0.2, -0.15) is 0 Å². The van der Waals surface area contributed by atoms with Crippen LogP contribution in [0.15, 0.2) is 18.3 Å². The molecule has 2 heteroatoms. The number of aryl methyl sites for hydroxylation is 1. The van der Waals surface area contributed by atoms with Crippen LogP contribution in [0.4, 0.5) is 0 Å². The Morgan fingerprint density at radius 2 is 2.31 bits per heavy atom. The molecule has 13 heavy (non-hydrogen) atoms. The molecule has 0 spiro atoms. The molecule has 0 saturated heterocycles. The minimum Gasteiger partial charge on any atom is -0.328 e. The Morgan fingerprint density at radius 1 is 1.54 bits per heavy atom. The summed E-state index contributed by atoms with van der Waals surface area (Å²) in [6.45, 7) is 4.14. The fraction of sp³-hybridized carbons (Fsp3) is 0.545. The molecule has 0 bridgehead atoms. The summed E-state index contributed by atoms with van der Waals surface area (Å²) in [5, 5.41) is 0. The summed E-state index contributed by atoms with van der Waals surface area (Å²) < 4.78 is 0. The zero-order chi connectivity index (χ0) is 9.42. The molecule has 0 amide bonds. The van der Waals surface area contributed by atoms with Crippen molar-refractivity contribution < 1.29 is 0 Å². The van der Waals surface area contributed by atoms with Crippen molar-refractivity contribution in [1.82, 2.24) is 4.98 Å². The van der Waals surface area contributed by atoms with Gasteiger partial charge >= 0.3 is 0 Å². The molecule has 1 fully saturated rings. The molecule has 0 radical (unpaired) electrons. The topological polar surface area (TPSA) is 38.9 Å². The van der Waals surface area contributed by atoms with Crippen molar-refractivity contribution in [2.24, 2.45) is 11.7 Å². The van der Waals surface area contributed by atoms with E-state index in [9.17, 15) is 0 Å². The SMILES string of the molecule is Cc1ccc(C2CC2C(C)N)nc1. The van der Waals surface area contributed by atoms with Crippen LogP contribution in [0, 0.1) is 12.8 Å². The minimum atomic E-state index is 0.313. The number of aromatic nitrogens is 1. The third kappa shape index (κ3) is 1.73. The highest BCUT2D eigenvalue weighted by atomic mass is 14.8. The number of rotatable bonds is 2. The van der Waals surface area contributed by atoms with Crippen LogP contribution in [0.5, 0.6) is 0 Å². The van der Waals surface area contributed by atoms with Crippen LogP contribution in [-0.2, 0) is 0 Å². The lowest BCUT2D eigenvalue weighted by Gasteiger charge is -2.03. The maximum Gasteiger partial charge on any atom is 0.0438 e. The lowest BCUT2D eigenvalue weighted by atomic mass is 10.1. The van der Waals surface area contributed by atoms with Crippen LogP contribution in [0.2, 0.25) is 0 Å². The molecule has 70 valence electrons. The van der Waals surface area contributed by atoms with Crippen molar-refractivity contribution in [1.29, 1.82) is 0 Å². The maximum absolute atomic E-state index is 5.83. The van der Waals surface area contributed by atoms with Gasteiger partial charge in [0.2, 0.25) is 0 Å². The molecule has 2 N–H and O–H groups in total. The Bertz CT molecular complexity index is 289. The summed E-state index contributed by atoms with van der Waals surface area (Å²) in [4.78, 5) is 4.42. The smallest absolute Gasteiger partial charge is 0.0438 e. The van der Waals surface area contributed by atoms with Gasteiger partial charge in [-0.05, 0) is 37.8 Å². The monoisotopic (exact) mass is 176 g/mol. The average Bonchev–Trinajstić information content (AvgIpc) is 2.85. The molecule has 3 atom stereocenters. The Kier molecular flexibility index (Phi) is 2.08. The van der Waals surface area contributed by atoms with Gasteiger partial charge in [-0.3, -0.25) is 4.98 Å². The van der Waals surface area contributed by atoms with E-state index >= 15 is 0 Å². The molecule has 0 aromatic carbocycles. The van der Waals surface area contributed by atoms with E-state index in [-0.39, 0.29) is 0 Å². The lowest BCUT2D eigenvalue weighted by Crippen LogP contribution is -2.18. The Labute approximate surface area is 79.2 Å². The predicted octanol–water partition coefficient (Wildman–Crippen LogP) is 1.84. The van der Waals surface area contributed by atoms with E-state index in [1.54, 1.807) is 0 Å². The molecule has 3 unspecified atom stereocenters. The summed E-state index contributed by atoms with van der Waals surface area (Å²) in [6.07, 6.45) is 3.15. The number of hydrogen-bond acceptors (Lipinski definition) is 2. The van der Waals surface area contributed by atoms with Crippen LogP contribution >= 0.6 is 0 Å². The summed E-state index contributed by atoms with van der Waals surface area (Å²) in [6, 6.07) is 4.56. The van der Waals surface area contributed by atoms with E-state index in [2.05, 4.69) is 31.0 Å². The first-order valence-electron chi connectivity index (χ1n) is 4.86. The van der Waals surface area contributed by atoms with Crippen molar-refractivity contribution in [3.8, 4) is 0 Å². The third-order valence-corrected chi connectivity index (χ3v) is 2.83. The van der Waals surface area contributed by atoms with Crippen molar-refractivity contribution in [3.63, 3.8) is 0 Å². The summed E-state index contributed by atoms with van der Waals surface area (Å²) in [5.41, 5.74) is 8.27. The Morgan fingerprint density at radius 3 is 2.77 bits per heavy atom. The average molecular weight is 176 g/mol. The third-order valence-electron chi connectivity index (χ3n) is 2.83. The van der Waals surface area contributed by atoms with Crippen molar-refractivity contribution >= 4 is 0 Å². The van der Waals surface area contributed by atoms with Crippen molar-refractivity contribution in [3.05, 3.63) is 29.6 Å². The van der Waals surface area contributed by atoms with Gasteiger partial charge in [0.05, 0.1) is 0 Å². The molecule has 2 nitrogen and oxygen atoms in total. The van der Waals surface area contributed by atoms with Crippen molar-refractivity contribution in [2.75, 3.05) is 0 Å². The fourth-order valence-corrected chi connectivity index (χ4v) is 1.83. The second-order valence-electron chi connectivity index (χ2n) is 4.13. The van der Waals surface area contributed by atoms with Gasteiger partial charge in [0.25, 0.3) is 0 Å². The molecule has 1 aromatic heterocycles. The highest BCUT2D eigenvalue weighted by Gasteiger charge is 2.41. The first-order valence-corrected chi connectivity index (χ1v) is 4.86. The first kappa shape index (κ1) is 8.70. The predicted molar refractivity (Wildman–Crippen MR) is 53.5 cm³/mol. The normalized spacial score (nSPS) is 28.5. The van der Waals surface area contributed by atoms with Crippen LogP contribution in [-0.4, -0.2) is 11.0 Å². The number of nitrogens with two attached hydrogens (primary N) is 1. The van der Waals surface area contributed by atoms with Gasteiger partial charge in [-0.25, -0.2) is 0 Å². The van der Waals surface area contributed by atoms with Crippen LogP contribution in [0.3, 0.4) is 0 Å². The zero-order valence-electron chi connectivity index (χ0n) is 8.20. The molecule has 1 heterocycles. The van der Waals surface area contributed by atoms with Gasteiger partial charge in [0.15, 0.2) is 0 Å². The van der Waals surface area contributed by atoms with E-state index < -0.39 is 0 Å². The molecule has 1 saturated carbocycles. The number of hydrogen-bond donors (Lipinski definition) is 1. The van der Waals surface area contributed by atoms with E-state index in [0.717, 1.165) is 0 Å². The Balaban J connectivity index is 2.08. The van der Waals surface area contributed by atoms with Gasteiger partial charge in [0, 0.05) is 23.9 Å². The van der Waals surface area contributed by atoms with E-state index in [1.165, 1.54) is 17.7 Å². The highest BCUT2D eigenvalue weighted by molar-refractivity contribution is 5.22. The van der Waals surface area contributed by atoms with E-state index in [4.69, 9.17) is 5.73 Å². The zero-order valence-corrected chi connectivity index (χ0v) is 8.20.